The first-order valence-electron chi connectivity index (χ1n) is 4.15. The molecule has 4 heteroatoms. The standard InChI is InChI=1S/C10H12O4/c1-14-6-7-2-3-9(11)4-8(7)5-10(12)13/h2-4,11H,5-6H2,1H3,(H,12,13). The summed E-state index contributed by atoms with van der Waals surface area (Å²) in [5, 5.41) is 17.8. The van der Waals surface area contributed by atoms with Crippen molar-refractivity contribution >= 4 is 5.97 Å². The summed E-state index contributed by atoms with van der Waals surface area (Å²) in [5.74, 6) is -0.853. The van der Waals surface area contributed by atoms with E-state index in [1.165, 1.54) is 19.2 Å². The van der Waals surface area contributed by atoms with Gasteiger partial charge in [0.1, 0.15) is 5.75 Å². The maximum atomic E-state index is 10.5. The monoisotopic (exact) mass is 196 g/mol. The van der Waals surface area contributed by atoms with Crippen molar-refractivity contribution in [3.63, 3.8) is 0 Å². The molecule has 14 heavy (non-hydrogen) atoms. The van der Waals surface area contributed by atoms with Crippen molar-refractivity contribution in [2.24, 2.45) is 0 Å². The molecule has 0 saturated heterocycles. The van der Waals surface area contributed by atoms with Crippen molar-refractivity contribution in [3.05, 3.63) is 29.3 Å². The van der Waals surface area contributed by atoms with E-state index in [9.17, 15) is 9.90 Å². The van der Waals surface area contributed by atoms with E-state index < -0.39 is 5.97 Å². The van der Waals surface area contributed by atoms with E-state index in [1.54, 1.807) is 6.07 Å². The van der Waals surface area contributed by atoms with E-state index in [4.69, 9.17) is 9.84 Å². The normalized spacial score (nSPS) is 10.1. The van der Waals surface area contributed by atoms with Gasteiger partial charge in [-0.25, -0.2) is 0 Å². The van der Waals surface area contributed by atoms with Gasteiger partial charge < -0.3 is 14.9 Å². The predicted octanol–water partition coefficient (Wildman–Crippen LogP) is 1.17. The summed E-state index contributed by atoms with van der Waals surface area (Å²) in [7, 11) is 1.54. The summed E-state index contributed by atoms with van der Waals surface area (Å²) in [4.78, 5) is 10.5. The molecule has 1 rings (SSSR count). The van der Waals surface area contributed by atoms with E-state index in [0.29, 0.717) is 12.2 Å². The van der Waals surface area contributed by atoms with Crippen LogP contribution in [0.1, 0.15) is 11.1 Å². The van der Waals surface area contributed by atoms with Crippen LogP contribution in [0.5, 0.6) is 5.75 Å². The lowest BCUT2D eigenvalue weighted by Gasteiger charge is -2.06. The summed E-state index contributed by atoms with van der Waals surface area (Å²) in [5.41, 5.74) is 1.37. The van der Waals surface area contributed by atoms with Crippen molar-refractivity contribution in [2.45, 2.75) is 13.0 Å². The first-order chi connectivity index (χ1) is 6.63. The lowest BCUT2D eigenvalue weighted by atomic mass is 10.0. The lowest BCUT2D eigenvalue weighted by Crippen LogP contribution is -2.04. The summed E-state index contributed by atoms with van der Waals surface area (Å²) in [6, 6.07) is 4.62. The number of carboxylic acid groups (broad SMARTS) is 1. The Hall–Kier alpha value is -1.55. The van der Waals surface area contributed by atoms with E-state index in [2.05, 4.69) is 0 Å². The highest BCUT2D eigenvalue weighted by Gasteiger charge is 2.07. The molecule has 1 aromatic carbocycles. The third kappa shape index (κ3) is 2.74. The number of phenols is 1. The Kier molecular flexibility index (Phi) is 3.48. The average molecular weight is 196 g/mol. The zero-order chi connectivity index (χ0) is 10.6. The van der Waals surface area contributed by atoms with Crippen LogP contribution in [0.15, 0.2) is 18.2 Å². The number of rotatable bonds is 4. The molecular weight excluding hydrogens is 184 g/mol. The Morgan fingerprint density at radius 2 is 2.14 bits per heavy atom. The number of aliphatic carboxylic acids is 1. The fraction of sp³-hybridized carbons (Fsp3) is 0.300. The largest absolute Gasteiger partial charge is 0.508 e. The van der Waals surface area contributed by atoms with Crippen LogP contribution >= 0.6 is 0 Å². The van der Waals surface area contributed by atoms with Gasteiger partial charge in [0, 0.05) is 7.11 Å². The number of benzene rings is 1. The maximum absolute atomic E-state index is 10.5. The number of ether oxygens (including phenoxy) is 1. The quantitative estimate of drug-likeness (QED) is 0.758. The van der Waals surface area contributed by atoms with Gasteiger partial charge in [0.2, 0.25) is 0 Å². The smallest absolute Gasteiger partial charge is 0.307 e. The molecule has 0 unspecified atom stereocenters. The molecule has 0 atom stereocenters. The van der Waals surface area contributed by atoms with Crippen LogP contribution in [0, 0.1) is 0 Å². The Labute approximate surface area is 81.8 Å². The van der Waals surface area contributed by atoms with Crippen LogP contribution in [-0.2, 0) is 22.6 Å². The molecule has 0 bridgehead atoms. The molecular formula is C10H12O4. The molecule has 0 saturated carbocycles. The van der Waals surface area contributed by atoms with Gasteiger partial charge in [0.25, 0.3) is 0 Å². The van der Waals surface area contributed by atoms with Crippen molar-refractivity contribution in [3.8, 4) is 5.75 Å². The molecule has 0 aliphatic carbocycles. The number of hydrogen-bond acceptors (Lipinski definition) is 3. The summed E-state index contributed by atoms with van der Waals surface area (Å²) < 4.78 is 4.92. The fourth-order valence-electron chi connectivity index (χ4n) is 1.24. The van der Waals surface area contributed by atoms with Crippen LogP contribution in [0.3, 0.4) is 0 Å². The SMILES string of the molecule is COCc1ccc(O)cc1CC(=O)O. The first-order valence-corrected chi connectivity index (χ1v) is 4.15. The van der Waals surface area contributed by atoms with Crippen LogP contribution < -0.4 is 0 Å². The minimum Gasteiger partial charge on any atom is -0.508 e. The van der Waals surface area contributed by atoms with Gasteiger partial charge in [-0.1, -0.05) is 6.07 Å². The Bertz CT molecular complexity index is 333. The van der Waals surface area contributed by atoms with Crippen LogP contribution in [0.25, 0.3) is 0 Å². The second-order valence-electron chi connectivity index (χ2n) is 2.96. The third-order valence-electron chi connectivity index (χ3n) is 1.83. The van der Waals surface area contributed by atoms with E-state index in [0.717, 1.165) is 5.56 Å². The average Bonchev–Trinajstić information content (AvgIpc) is 2.09. The van der Waals surface area contributed by atoms with Gasteiger partial charge in [-0.2, -0.15) is 0 Å². The number of methoxy groups -OCH3 is 1. The minimum absolute atomic E-state index is 0.0705. The minimum atomic E-state index is -0.923. The number of phenolic OH excluding ortho intramolecular Hbond substituents is 1. The molecule has 1 aromatic rings. The lowest BCUT2D eigenvalue weighted by molar-refractivity contribution is -0.136. The topological polar surface area (TPSA) is 66.8 Å². The van der Waals surface area contributed by atoms with Crippen molar-refractivity contribution in [1.82, 2.24) is 0 Å². The fourth-order valence-corrected chi connectivity index (χ4v) is 1.24. The first kappa shape index (κ1) is 10.5. The van der Waals surface area contributed by atoms with Gasteiger partial charge in [-0.05, 0) is 23.3 Å². The Balaban J connectivity index is 2.96. The third-order valence-corrected chi connectivity index (χ3v) is 1.83. The van der Waals surface area contributed by atoms with Crippen LogP contribution in [0.2, 0.25) is 0 Å². The van der Waals surface area contributed by atoms with Gasteiger partial charge in [0.15, 0.2) is 0 Å². The Morgan fingerprint density at radius 3 is 2.71 bits per heavy atom. The highest BCUT2D eigenvalue weighted by molar-refractivity contribution is 5.71. The maximum Gasteiger partial charge on any atom is 0.307 e. The zero-order valence-corrected chi connectivity index (χ0v) is 7.86. The van der Waals surface area contributed by atoms with Crippen molar-refractivity contribution in [1.29, 1.82) is 0 Å². The summed E-state index contributed by atoms with van der Waals surface area (Å²) in [6.45, 7) is 0.350. The van der Waals surface area contributed by atoms with Crippen molar-refractivity contribution < 1.29 is 19.7 Å². The molecule has 4 nitrogen and oxygen atoms in total. The second kappa shape index (κ2) is 4.62. The van der Waals surface area contributed by atoms with E-state index in [-0.39, 0.29) is 12.2 Å². The second-order valence-corrected chi connectivity index (χ2v) is 2.96. The number of carboxylic acids is 1. The summed E-state index contributed by atoms with van der Waals surface area (Å²) in [6.07, 6.45) is -0.104. The highest BCUT2D eigenvalue weighted by atomic mass is 16.5. The Morgan fingerprint density at radius 1 is 1.43 bits per heavy atom. The van der Waals surface area contributed by atoms with E-state index >= 15 is 0 Å². The van der Waals surface area contributed by atoms with E-state index in [1.807, 2.05) is 0 Å². The highest BCUT2D eigenvalue weighted by Crippen LogP contribution is 2.17. The number of hydrogen-bond donors (Lipinski definition) is 2. The van der Waals surface area contributed by atoms with Gasteiger partial charge in [-0.3, -0.25) is 4.79 Å². The number of carbonyl (C=O) groups is 1. The molecule has 2 N–H and O–H groups in total. The van der Waals surface area contributed by atoms with Gasteiger partial charge >= 0.3 is 5.97 Å². The molecule has 0 heterocycles. The molecule has 0 aromatic heterocycles. The summed E-state index contributed by atoms with van der Waals surface area (Å²) >= 11 is 0. The van der Waals surface area contributed by atoms with Crippen LogP contribution in [-0.4, -0.2) is 23.3 Å². The molecule has 76 valence electrons. The van der Waals surface area contributed by atoms with Crippen LogP contribution in [0.4, 0.5) is 0 Å². The van der Waals surface area contributed by atoms with Gasteiger partial charge in [0.05, 0.1) is 13.0 Å². The van der Waals surface area contributed by atoms with Crippen molar-refractivity contribution in [2.75, 3.05) is 7.11 Å². The molecule has 0 radical (unpaired) electrons. The molecule has 0 aliphatic heterocycles. The molecule has 0 fully saturated rings. The zero-order valence-electron chi connectivity index (χ0n) is 7.86. The predicted molar refractivity (Wildman–Crippen MR) is 50.2 cm³/mol. The van der Waals surface area contributed by atoms with Gasteiger partial charge in [-0.15, -0.1) is 0 Å². The molecule has 0 spiro atoms. The number of aromatic hydroxyl groups is 1. The molecule has 0 amide bonds. The molecule has 0 aliphatic rings.